The Morgan fingerprint density at radius 2 is 1.83 bits per heavy atom. The van der Waals surface area contributed by atoms with Crippen LogP contribution in [0.5, 0.6) is 5.75 Å². The lowest BCUT2D eigenvalue weighted by molar-refractivity contribution is 0.0696. The number of nitrogens with zero attached hydrogens (tertiary/aromatic N) is 1. The second kappa shape index (κ2) is 6.36. The minimum Gasteiger partial charge on any atom is -0.489 e. The molecule has 5 heteroatoms. The fourth-order valence-corrected chi connectivity index (χ4v) is 2.27. The van der Waals surface area contributed by atoms with Crippen molar-refractivity contribution in [1.82, 2.24) is 5.16 Å². The first-order valence-electron chi connectivity index (χ1n) is 7.12. The number of carboxylic acid groups (broad SMARTS) is 1. The lowest BCUT2D eigenvalue weighted by Gasteiger charge is -2.07. The van der Waals surface area contributed by atoms with Crippen molar-refractivity contribution in [2.45, 2.75) is 13.5 Å². The van der Waals surface area contributed by atoms with E-state index in [1.54, 1.807) is 31.2 Å². The van der Waals surface area contributed by atoms with E-state index < -0.39 is 5.97 Å². The van der Waals surface area contributed by atoms with Gasteiger partial charge in [0.05, 0.1) is 0 Å². The number of aromatic nitrogens is 1. The minimum absolute atomic E-state index is 0.0861. The normalized spacial score (nSPS) is 10.5. The molecule has 116 valence electrons. The predicted molar refractivity (Wildman–Crippen MR) is 84.4 cm³/mol. The van der Waals surface area contributed by atoms with E-state index in [4.69, 9.17) is 9.26 Å². The van der Waals surface area contributed by atoms with Crippen molar-refractivity contribution >= 4 is 5.97 Å². The van der Waals surface area contributed by atoms with Crippen LogP contribution in [0.3, 0.4) is 0 Å². The third kappa shape index (κ3) is 3.23. The van der Waals surface area contributed by atoms with E-state index in [1.807, 2.05) is 30.3 Å². The maximum atomic E-state index is 11.3. The minimum atomic E-state index is -1.05. The second-order valence-corrected chi connectivity index (χ2v) is 5.07. The number of hydrogen-bond donors (Lipinski definition) is 1. The van der Waals surface area contributed by atoms with Crippen LogP contribution in [0.2, 0.25) is 0 Å². The summed E-state index contributed by atoms with van der Waals surface area (Å²) in [6, 6.07) is 17.0. The molecular weight excluding hydrogens is 294 g/mol. The van der Waals surface area contributed by atoms with Crippen LogP contribution in [0.25, 0.3) is 11.3 Å². The van der Waals surface area contributed by atoms with Crippen LogP contribution in [0.4, 0.5) is 0 Å². The smallest absolute Gasteiger partial charge is 0.341 e. The van der Waals surface area contributed by atoms with Crippen LogP contribution in [0.1, 0.15) is 21.7 Å². The van der Waals surface area contributed by atoms with Crippen molar-refractivity contribution < 1.29 is 19.2 Å². The van der Waals surface area contributed by atoms with E-state index in [1.165, 1.54) is 0 Å². The monoisotopic (exact) mass is 309 g/mol. The molecule has 0 spiro atoms. The molecular formula is C18H15NO4. The number of benzene rings is 2. The predicted octanol–water partition coefficient (Wildman–Crippen LogP) is 3.93. The van der Waals surface area contributed by atoms with Gasteiger partial charge in [-0.15, -0.1) is 0 Å². The molecule has 5 nitrogen and oxygen atoms in total. The fraction of sp³-hybridized carbons (Fsp3) is 0.111. The summed E-state index contributed by atoms with van der Waals surface area (Å²) >= 11 is 0. The molecule has 0 aliphatic rings. The molecule has 3 aromatic rings. The summed E-state index contributed by atoms with van der Waals surface area (Å²) in [5.41, 5.74) is 2.16. The molecule has 23 heavy (non-hydrogen) atoms. The van der Waals surface area contributed by atoms with Gasteiger partial charge in [-0.05, 0) is 36.8 Å². The van der Waals surface area contributed by atoms with Crippen molar-refractivity contribution in [3.63, 3.8) is 0 Å². The maximum absolute atomic E-state index is 11.3. The zero-order chi connectivity index (χ0) is 16.2. The summed E-state index contributed by atoms with van der Waals surface area (Å²) in [4.78, 5) is 11.3. The van der Waals surface area contributed by atoms with Crippen molar-refractivity contribution in [3.05, 3.63) is 71.5 Å². The van der Waals surface area contributed by atoms with Gasteiger partial charge in [0.25, 0.3) is 0 Å². The highest BCUT2D eigenvalue weighted by Crippen LogP contribution is 2.27. The molecule has 0 aliphatic carbocycles. The van der Waals surface area contributed by atoms with Crippen LogP contribution in [0.15, 0.2) is 59.1 Å². The molecule has 0 fully saturated rings. The van der Waals surface area contributed by atoms with E-state index >= 15 is 0 Å². The van der Waals surface area contributed by atoms with E-state index in [2.05, 4.69) is 5.16 Å². The summed E-state index contributed by atoms with van der Waals surface area (Å²) in [5, 5.41) is 13.1. The first-order valence-corrected chi connectivity index (χ1v) is 7.12. The Labute approximate surface area is 133 Å². The lowest BCUT2D eigenvalue weighted by atomic mass is 10.1. The molecule has 0 unspecified atom stereocenters. The van der Waals surface area contributed by atoms with Crippen molar-refractivity contribution in [2.24, 2.45) is 0 Å². The van der Waals surface area contributed by atoms with Gasteiger partial charge in [-0.3, -0.25) is 0 Å². The summed E-state index contributed by atoms with van der Waals surface area (Å²) in [6.07, 6.45) is 0. The van der Waals surface area contributed by atoms with Crippen molar-refractivity contribution in [2.75, 3.05) is 0 Å². The van der Waals surface area contributed by atoms with Gasteiger partial charge in [-0.1, -0.05) is 35.5 Å². The average molecular weight is 309 g/mol. The number of aryl methyl sites for hydroxylation is 1. The average Bonchev–Trinajstić information content (AvgIpc) is 2.96. The van der Waals surface area contributed by atoms with Gasteiger partial charge >= 0.3 is 5.97 Å². The standard InChI is InChI=1S/C18H15NO4/c1-12-16(18(20)21)17(19-23-12)14-7-9-15(10-8-14)22-11-13-5-3-2-4-6-13/h2-10H,11H2,1H3,(H,20,21). The highest BCUT2D eigenvalue weighted by Gasteiger charge is 2.20. The molecule has 0 amide bonds. The lowest BCUT2D eigenvalue weighted by Crippen LogP contribution is -1.99. The third-order valence-corrected chi connectivity index (χ3v) is 3.45. The maximum Gasteiger partial charge on any atom is 0.341 e. The molecule has 0 atom stereocenters. The molecule has 1 N–H and O–H groups in total. The van der Waals surface area contributed by atoms with Gasteiger partial charge in [0.15, 0.2) is 0 Å². The van der Waals surface area contributed by atoms with Gasteiger partial charge in [0.1, 0.15) is 29.4 Å². The number of hydrogen-bond acceptors (Lipinski definition) is 4. The summed E-state index contributed by atoms with van der Waals surface area (Å²) in [6.45, 7) is 2.06. The number of ether oxygens (including phenoxy) is 1. The molecule has 1 heterocycles. The first kappa shape index (κ1) is 14.8. The Balaban J connectivity index is 1.76. The summed E-state index contributed by atoms with van der Waals surface area (Å²) in [5.74, 6) is -0.0604. The molecule has 0 radical (unpaired) electrons. The van der Waals surface area contributed by atoms with Crippen LogP contribution in [-0.2, 0) is 6.61 Å². The Morgan fingerprint density at radius 1 is 1.13 bits per heavy atom. The molecule has 2 aromatic carbocycles. The zero-order valence-corrected chi connectivity index (χ0v) is 12.5. The van der Waals surface area contributed by atoms with Gasteiger partial charge in [-0.25, -0.2) is 4.79 Å². The van der Waals surface area contributed by atoms with E-state index in [-0.39, 0.29) is 11.3 Å². The Kier molecular flexibility index (Phi) is 4.10. The van der Waals surface area contributed by atoms with Crippen LogP contribution < -0.4 is 4.74 Å². The van der Waals surface area contributed by atoms with Gasteiger partial charge in [0.2, 0.25) is 0 Å². The number of carboxylic acids is 1. The number of carbonyl (C=O) groups is 1. The second-order valence-electron chi connectivity index (χ2n) is 5.07. The van der Waals surface area contributed by atoms with Crippen molar-refractivity contribution in [1.29, 1.82) is 0 Å². The molecule has 0 saturated carbocycles. The van der Waals surface area contributed by atoms with E-state index in [0.29, 0.717) is 23.6 Å². The SMILES string of the molecule is Cc1onc(-c2ccc(OCc3ccccc3)cc2)c1C(=O)O. The topological polar surface area (TPSA) is 72.6 Å². The van der Waals surface area contributed by atoms with Crippen LogP contribution in [0, 0.1) is 6.92 Å². The molecule has 0 saturated heterocycles. The quantitative estimate of drug-likeness (QED) is 0.773. The highest BCUT2D eigenvalue weighted by atomic mass is 16.5. The van der Waals surface area contributed by atoms with Gasteiger partial charge < -0.3 is 14.4 Å². The Bertz CT molecular complexity index is 807. The first-order chi connectivity index (χ1) is 11.1. The van der Waals surface area contributed by atoms with Crippen molar-refractivity contribution in [3.8, 4) is 17.0 Å². The Hall–Kier alpha value is -3.08. The van der Waals surface area contributed by atoms with E-state index in [9.17, 15) is 9.90 Å². The Morgan fingerprint density at radius 3 is 2.48 bits per heavy atom. The number of aromatic carboxylic acids is 1. The fourth-order valence-electron chi connectivity index (χ4n) is 2.27. The highest BCUT2D eigenvalue weighted by molar-refractivity contribution is 5.95. The van der Waals surface area contributed by atoms with Crippen LogP contribution >= 0.6 is 0 Å². The van der Waals surface area contributed by atoms with Gasteiger partial charge in [-0.2, -0.15) is 0 Å². The molecule has 0 aliphatic heterocycles. The zero-order valence-electron chi connectivity index (χ0n) is 12.5. The largest absolute Gasteiger partial charge is 0.489 e. The number of rotatable bonds is 5. The third-order valence-electron chi connectivity index (χ3n) is 3.45. The molecule has 3 rings (SSSR count). The summed E-state index contributed by atoms with van der Waals surface area (Å²) in [7, 11) is 0. The van der Waals surface area contributed by atoms with Crippen LogP contribution in [-0.4, -0.2) is 16.2 Å². The molecule has 1 aromatic heterocycles. The van der Waals surface area contributed by atoms with E-state index in [0.717, 1.165) is 5.56 Å². The summed E-state index contributed by atoms with van der Waals surface area (Å²) < 4.78 is 10.7. The van der Waals surface area contributed by atoms with Gasteiger partial charge in [0, 0.05) is 5.56 Å². The molecule has 0 bridgehead atoms.